The van der Waals surface area contributed by atoms with Gasteiger partial charge in [0.2, 0.25) is 0 Å². The van der Waals surface area contributed by atoms with Crippen LogP contribution in [0.15, 0.2) is 30.3 Å². The van der Waals surface area contributed by atoms with Gasteiger partial charge in [0.05, 0.1) is 5.92 Å². The molecule has 0 amide bonds. The van der Waals surface area contributed by atoms with E-state index in [2.05, 4.69) is 51.1 Å². The van der Waals surface area contributed by atoms with Gasteiger partial charge in [0.25, 0.3) is 0 Å². The smallest absolute Gasteiger partial charge is 0.307 e. The standard InChI is InChI=1S/C19H26O2/c1-12-10-15(11-13(2)17(12)18(20)21)14-6-8-16(9-7-14)19(3,4)5/h6-10,12-13,17H,11H2,1-5H3,(H,20,21)/t12-,13+,17+/m0/s1. The van der Waals surface area contributed by atoms with Crippen molar-refractivity contribution < 1.29 is 9.90 Å². The van der Waals surface area contributed by atoms with Gasteiger partial charge >= 0.3 is 5.97 Å². The predicted molar refractivity (Wildman–Crippen MR) is 87.2 cm³/mol. The molecular weight excluding hydrogens is 260 g/mol. The van der Waals surface area contributed by atoms with Crippen molar-refractivity contribution in [2.45, 2.75) is 46.5 Å². The Kier molecular flexibility index (Phi) is 4.27. The second kappa shape index (κ2) is 5.67. The highest BCUT2D eigenvalue weighted by molar-refractivity contribution is 5.75. The summed E-state index contributed by atoms with van der Waals surface area (Å²) in [5.74, 6) is -0.667. The molecule has 0 saturated heterocycles. The summed E-state index contributed by atoms with van der Waals surface area (Å²) in [7, 11) is 0. The van der Waals surface area contributed by atoms with Crippen molar-refractivity contribution in [1.29, 1.82) is 0 Å². The fourth-order valence-electron chi connectivity index (χ4n) is 3.35. The molecule has 1 aliphatic carbocycles. The summed E-state index contributed by atoms with van der Waals surface area (Å²) in [6.45, 7) is 10.7. The Morgan fingerprint density at radius 3 is 2.14 bits per heavy atom. The summed E-state index contributed by atoms with van der Waals surface area (Å²) in [6, 6.07) is 8.73. The topological polar surface area (TPSA) is 37.3 Å². The minimum atomic E-state index is -0.673. The number of carboxylic acid groups (broad SMARTS) is 1. The minimum Gasteiger partial charge on any atom is -0.481 e. The maximum atomic E-state index is 11.3. The van der Waals surface area contributed by atoms with Crippen LogP contribution < -0.4 is 0 Å². The van der Waals surface area contributed by atoms with E-state index in [0.717, 1.165) is 6.42 Å². The SMILES string of the molecule is C[C@@H]1CC(c2ccc(C(C)(C)C)cc2)=C[C@H](C)[C@H]1C(=O)O. The number of benzene rings is 1. The molecule has 2 rings (SSSR count). The first kappa shape index (κ1) is 15.8. The Labute approximate surface area is 127 Å². The molecule has 21 heavy (non-hydrogen) atoms. The number of aliphatic carboxylic acids is 1. The summed E-state index contributed by atoms with van der Waals surface area (Å²) in [4.78, 5) is 11.3. The second-order valence-electron chi connectivity index (χ2n) is 7.42. The molecule has 0 saturated carbocycles. The van der Waals surface area contributed by atoms with Gasteiger partial charge in [0.15, 0.2) is 0 Å². The first-order valence-corrected chi connectivity index (χ1v) is 7.74. The molecule has 0 heterocycles. The molecule has 0 aliphatic heterocycles. The van der Waals surface area contributed by atoms with Crippen LogP contribution in [0.4, 0.5) is 0 Å². The average Bonchev–Trinajstić information content (AvgIpc) is 2.36. The zero-order valence-corrected chi connectivity index (χ0v) is 13.7. The number of hydrogen-bond donors (Lipinski definition) is 1. The van der Waals surface area contributed by atoms with Crippen molar-refractivity contribution in [3.63, 3.8) is 0 Å². The summed E-state index contributed by atoms with van der Waals surface area (Å²) < 4.78 is 0. The molecule has 0 fully saturated rings. The van der Waals surface area contributed by atoms with Crippen LogP contribution in [-0.4, -0.2) is 11.1 Å². The molecule has 1 aliphatic rings. The lowest BCUT2D eigenvalue weighted by Crippen LogP contribution is -2.30. The lowest BCUT2D eigenvalue weighted by atomic mass is 9.73. The van der Waals surface area contributed by atoms with Gasteiger partial charge in [-0.15, -0.1) is 0 Å². The summed E-state index contributed by atoms with van der Waals surface area (Å²) in [5.41, 5.74) is 4.00. The van der Waals surface area contributed by atoms with E-state index in [0.29, 0.717) is 0 Å². The molecule has 1 N–H and O–H groups in total. The first-order chi connectivity index (χ1) is 9.70. The van der Waals surface area contributed by atoms with Crippen LogP contribution in [0.3, 0.4) is 0 Å². The molecule has 0 spiro atoms. The van der Waals surface area contributed by atoms with Crippen LogP contribution in [0.2, 0.25) is 0 Å². The van der Waals surface area contributed by atoms with Crippen LogP contribution in [0.5, 0.6) is 0 Å². The number of rotatable bonds is 2. The van der Waals surface area contributed by atoms with Crippen molar-refractivity contribution in [1.82, 2.24) is 0 Å². The van der Waals surface area contributed by atoms with Crippen LogP contribution in [0.25, 0.3) is 5.57 Å². The highest BCUT2D eigenvalue weighted by Gasteiger charge is 2.33. The number of allylic oxidation sites excluding steroid dienone is 2. The molecule has 0 radical (unpaired) electrons. The van der Waals surface area contributed by atoms with Gasteiger partial charge < -0.3 is 5.11 Å². The van der Waals surface area contributed by atoms with Gasteiger partial charge in [-0.25, -0.2) is 0 Å². The fraction of sp³-hybridized carbons (Fsp3) is 0.526. The monoisotopic (exact) mass is 286 g/mol. The predicted octanol–water partition coefficient (Wildman–Crippen LogP) is 4.74. The van der Waals surface area contributed by atoms with E-state index >= 15 is 0 Å². The highest BCUT2D eigenvalue weighted by atomic mass is 16.4. The Balaban J connectivity index is 2.27. The van der Waals surface area contributed by atoms with Gasteiger partial charge in [-0.05, 0) is 40.4 Å². The summed E-state index contributed by atoms with van der Waals surface area (Å²) in [6.07, 6.45) is 2.99. The van der Waals surface area contributed by atoms with E-state index in [-0.39, 0.29) is 23.2 Å². The third-order valence-electron chi connectivity index (χ3n) is 4.59. The molecular formula is C19H26O2. The van der Waals surface area contributed by atoms with Crippen LogP contribution >= 0.6 is 0 Å². The number of carbonyl (C=O) groups is 1. The van der Waals surface area contributed by atoms with E-state index in [1.165, 1.54) is 16.7 Å². The van der Waals surface area contributed by atoms with E-state index < -0.39 is 5.97 Å². The molecule has 0 unspecified atom stereocenters. The highest BCUT2D eigenvalue weighted by Crippen LogP contribution is 2.38. The number of carboxylic acids is 1. The molecule has 0 bridgehead atoms. The quantitative estimate of drug-likeness (QED) is 0.852. The molecule has 2 nitrogen and oxygen atoms in total. The zero-order valence-electron chi connectivity index (χ0n) is 13.7. The Morgan fingerprint density at radius 2 is 1.71 bits per heavy atom. The normalized spacial score (nSPS) is 26.3. The minimum absolute atomic E-state index is 0.0866. The average molecular weight is 286 g/mol. The van der Waals surface area contributed by atoms with Crippen LogP contribution in [0.1, 0.15) is 52.2 Å². The molecule has 114 valence electrons. The largest absolute Gasteiger partial charge is 0.481 e. The maximum absolute atomic E-state index is 11.3. The van der Waals surface area contributed by atoms with Gasteiger partial charge in [-0.3, -0.25) is 4.79 Å². The first-order valence-electron chi connectivity index (χ1n) is 7.74. The lowest BCUT2D eigenvalue weighted by Gasteiger charge is -2.31. The maximum Gasteiger partial charge on any atom is 0.307 e. The molecule has 0 aromatic heterocycles. The summed E-state index contributed by atoms with van der Waals surface area (Å²) in [5, 5.41) is 9.33. The van der Waals surface area contributed by atoms with Crippen molar-refractivity contribution in [2.75, 3.05) is 0 Å². The second-order valence-corrected chi connectivity index (χ2v) is 7.42. The van der Waals surface area contributed by atoms with Gasteiger partial charge in [0, 0.05) is 0 Å². The van der Waals surface area contributed by atoms with E-state index in [9.17, 15) is 9.90 Å². The Hall–Kier alpha value is -1.57. The molecule has 2 heteroatoms. The van der Waals surface area contributed by atoms with Crippen LogP contribution in [0, 0.1) is 17.8 Å². The van der Waals surface area contributed by atoms with Gasteiger partial charge in [-0.1, -0.05) is 65.0 Å². The lowest BCUT2D eigenvalue weighted by molar-refractivity contribution is -0.144. The molecule has 1 aromatic rings. The van der Waals surface area contributed by atoms with Crippen molar-refractivity contribution in [2.24, 2.45) is 17.8 Å². The third kappa shape index (κ3) is 3.37. The van der Waals surface area contributed by atoms with E-state index in [4.69, 9.17) is 0 Å². The Bertz CT molecular complexity index is 546. The van der Waals surface area contributed by atoms with Crippen molar-refractivity contribution >= 4 is 11.5 Å². The fourth-order valence-corrected chi connectivity index (χ4v) is 3.35. The number of hydrogen-bond acceptors (Lipinski definition) is 1. The van der Waals surface area contributed by atoms with E-state index in [1.54, 1.807) is 0 Å². The van der Waals surface area contributed by atoms with Gasteiger partial charge in [0.1, 0.15) is 0 Å². The van der Waals surface area contributed by atoms with Crippen molar-refractivity contribution in [3.8, 4) is 0 Å². The molecule has 1 aromatic carbocycles. The van der Waals surface area contributed by atoms with Crippen LogP contribution in [-0.2, 0) is 10.2 Å². The zero-order chi connectivity index (χ0) is 15.8. The Morgan fingerprint density at radius 1 is 1.14 bits per heavy atom. The van der Waals surface area contributed by atoms with E-state index in [1.807, 2.05) is 13.8 Å². The summed E-state index contributed by atoms with van der Waals surface area (Å²) >= 11 is 0. The third-order valence-corrected chi connectivity index (χ3v) is 4.59. The van der Waals surface area contributed by atoms with Gasteiger partial charge in [-0.2, -0.15) is 0 Å². The molecule has 3 atom stereocenters. The van der Waals surface area contributed by atoms with Crippen molar-refractivity contribution in [3.05, 3.63) is 41.5 Å².